The fourth-order valence-electron chi connectivity index (χ4n) is 1.81. The molecule has 2 rings (SSSR count). The zero-order chi connectivity index (χ0) is 14.5. The predicted molar refractivity (Wildman–Crippen MR) is 68.8 cm³/mol. The number of oxazole rings is 1. The van der Waals surface area contributed by atoms with Gasteiger partial charge in [0.05, 0.1) is 0 Å². The van der Waals surface area contributed by atoms with Crippen molar-refractivity contribution in [1.82, 2.24) is 9.88 Å². The highest BCUT2D eigenvalue weighted by molar-refractivity contribution is 5.85. The van der Waals surface area contributed by atoms with E-state index in [1.54, 1.807) is 9.80 Å². The van der Waals surface area contributed by atoms with Crippen LogP contribution in [0.4, 0.5) is 10.8 Å². The number of amides is 1. The fourth-order valence-corrected chi connectivity index (χ4v) is 1.81. The van der Waals surface area contributed by atoms with Crippen LogP contribution in [0.15, 0.2) is 23.3 Å². The van der Waals surface area contributed by atoms with Gasteiger partial charge in [0.15, 0.2) is 5.69 Å². The van der Waals surface area contributed by atoms with E-state index in [9.17, 15) is 9.59 Å². The van der Waals surface area contributed by atoms with Gasteiger partial charge in [0.2, 0.25) is 0 Å². The SMILES string of the molecule is C=CCOC(=O)N1CCN(c2nc(C(=O)O)co2)CC1. The molecule has 0 aliphatic carbocycles. The number of aromatic carboxylic acids is 1. The van der Waals surface area contributed by atoms with E-state index in [0.29, 0.717) is 26.2 Å². The summed E-state index contributed by atoms with van der Waals surface area (Å²) in [6.07, 6.45) is 2.22. The molecule has 0 aromatic carbocycles. The van der Waals surface area contributed by atoms with Crippen molar-refractivity contribution in [2.24, 2.45) is 0 Å². The zero-order valence-electron chi connectivity index (χ0n) is 10.8. The van der Waals surface area contributed by atoms with Gasteiger partial charge in [-0.25, -0.2) is 9.59 Å². The van der Waals surface area contributed by atoms with Crippen LogP contribution in [0.5, 0.6) is 0 Å². The number of carbonyl (C=O) groups is 2. The third kappa shape index (κ3) is 3.08. The number of carboxylic acids is 1. The van der Waals surface area contributed by atoms with Crippen molar-refractivity contribution < 1.29 is 23.8 Å². The highest BCUT2D eigenvalue weighted by Crippen LogP contribution is 2.16. The van der Waals surface area contributed by atoms with Gasteiger partial charge in [0.1, 0.15) is 12.9 Å². The minimum atomic E-state index is -1.13. The summed E-state index contributed by atoms with van der Waals surface area (Å²) < 4.78 is 10.1. The average Bonchev–Trinajstić information content (AvgIpc) is 2.95. The minimum absolute atomic E-state index is 0.132. The smallest absolute Gasteiger partial charge is 0.410 e. The number of ether oxygens (including phenoxy) is 1. The highest BCUT2D eigenvalue weighted by Gasteiger charge is 2.25. The summed E-state index contributed by atoms with van der Waals surface area (Å²) in [5.74, 6) is -1.13. The van der Waals surface area contributed by atoms with Crippen LogP contribution >= 0.6 is 0 Å². The second-order valence-electron chi connectivity index (χ2n) is 4.16. The van der Waals surface area contributed by atoms with Crippen LogP contribution in [0.2, 0.25) is 0 Å². The summed E-state index contributed by atoms with van der Waals surface area (Å²) in [6.45, 7) is 5.58. The molecule has 0 radical (unpaired) electrons. The van der Waals surface area contributed by atoms with Gasteiger partial charge in [-0.1, -0.05) is 12.7 Å². The van der Waals surface area contributed by atoms with Gasteiger partial charge in [-0.3, -0.25) is 0 Å². The quantitative estimate of drug-likeness (QED) is 0.816. The van der Waals surface area contributed by atoms with Gasteiger partial charge >= 0.3 is 12.1 Å². The first-order chi connectivity index (χ1) is 9.61. The van der Waals surface area contributed by atoms with Gasteiger partial charge in [0, 0.05) is 26.2 Å². The van der Waals surface area contributed by atoms with Crippen molar-refractivity contribution in [3.63, 3.8) is 0 Å². The fraction of sp³-hybridized carbons (Fsp3) is 0.417. The van der Waals surface area contributed by atoms with E-state index >= 15 is 0 Å². The zero-order valence-corrected chi connectivity index (χ0v) is 10.8. The lowest BCUT2D eigenvalue weighted by Gasteiger charge is -2.32. The predicted octanol–water partition coefficient (Wildman–Crippen LogP) is 0.817. The highest BCUT2D eigenvalue weighted by atomic mass is 16.6. The number of aromatic nitrogens is 1. The van der Waals surface area contributed by atoms with Gasteiger partial charge in [0.25, 0.3) is 6.01 Å². The molecular weight excluding hydrogens is 266 g/mol. The first-order valence-electron chi connectivity index (χ1n) is 6.08. The lowest BCUT2D eigenvalue weighted by atomic mass is 10.3. The number of hydrogen-bond donors (Lipinski definition) is 1. The van der Waals surface area contributed by atoms with Crippen molar-refractivity contribution in [1.29, 1.82) is 0 Å². The van der Waals surface area contributed by atoms with Gasteiger partial charge < -0.3 is 24.1 Å². The number of rotatable bonds is 4. The molecule has 20 heavy (non-hydrogen) atoms. The molecule has 1 fully saturated rings. The average molecular weight is 281 g/mol. The van der Waals surface area contributed by atoms with E-state index in [-0.39, 0.29) is 24.4 Å². The Balaban J connectivity index is 1.88. The summed E-state index contributed by atoms with van der Waals surface area (Å²) in [5, 5.41) is 8.78. The number of hydrogen-bond acceptors (Lipinski definition) is 6. The number of carbonyl (C=O) groups excluding carboxylic acids is 1. The van der Waals surface area contributed by atoms with E-state index in [1.807, 2.05) is 0 Å². The molecule has 1 aromatic rings. The largest absolute Gasteiger partial charge is 0.476 e. The number of nitrogens with zero attached hydrogens (tertiary/aromatic N) is 3. The van der Waals surface area contributed by atoms with Crippen molar-refractivity contribution in [2.75, 3.05) is 37.7 Å². The molecule has 8 heteroatoms. The molecule has 0 unspecified atom stereocenters. The standard InChI is InChI=1S/C12H15N3O5/c1-2-7-19-12(18)15-5-3-14(4-6-15)11-13-9(8-20-11)10(16)17/h2,8H,1,3-7H2,(H,16,17). The van der Waals surface area contributed by atoms with Crippen LogP contribution in [0.1, 0.15) is 10.5 Å². The molecule has 0 spiro atoms. The third-order valence-corrected chi connectivity index (χ3v) is 2.84. The Labute approximate surface area is 115 Å². The van der Waals surface area contributed by atoms with Crippen molar-refractivity contribution >= 4 is 18.1 Å². The van der Waals surface area contributed by atoms with Gasteiger partial charge in [-0.05, 0) is 0 Å². The third-order valence-electron chi connectivity index (χ3n) is 2.84. The van der Waals surface area contributed by atoms with Crippen LogP contribution < -0.4 is 4.90 Å². The maximum Gasteiger partial charge on any atom is 0.410 e. The maximum atomic E-state index is 11.6. The van der Waals surface area contributed by atoms with E-state index in [2.05, 4.69) is 11.6 Å². The molecule has 1 aromatic heterocycles. The molecule has 8 nitrogen and oxygen atoms in total. The van der Waals surface area contributed by atoms with E-state index in [0.717, 1.165) is 6.26 Å². The second kappa shape index (κ2) is 6.09. The molecule has 2 heterocycles. The Hall–Kier alpha value is -2.51. The monoisotopic (exact) mass is 281 g/mol. The van der Waals surface area contributed by atoms with Crippen LogP contribution in [0.25, 0.3) is 0 Å². The Morgan fingerprint density at radius 1 is 1.45 bits per heavy atom. The molecule has 1 aliphatic rings. The van der Waals surface area contributed by atoms with E-state index < -0.39 is 5.97 Å². The first kappa shape index (κ1) is 13.9. The molecule has 108 valence electrons. The molecule has 0 saturated carbocycles. The Morgan fingerprint density at radius 2 is 2.15 bits per heavy atom. The van der Waals surface area contributed by atoms with Crippen molar-refractivity contribution in [3.05, 3.63) is 24.6 Å². The van der Waals surface area contributed by atoms with E-state index in [1.165, 1.54) is 6.08 Å². The summed E-state index contributed by atoms with van der Waals surface area (Å²) in [7, 11) is 0. The molecule has 1 saturated heterocycles. The maximum absolute atomic E-state index is 11.6. The number of piperazine rings is 1. The number of carboxylic acid groups (broad SMARTS) is 1. The normalized spacial score (nSPS) is 15.0. The molecule has 1 aliphatic heterocycles. The van der Waals surface area contributed by atoms with Crippen LogP contribution in [0, 0.1) is 0 Å². The van der Waals surface area contributed by atoms with Crippen molar-refractivity contribution in [3.8, 4) is 0 Å². The summed E-state index contributed by atoms with van der Waals surface area (Å²) >= 11 is 0. The molecule has 1 N–H and O–H groups in total. The lowest BCUT2D eigenvalue weighted by Crippen LogP contribution is -2.49. The van der Waals surface area contributed by atoms with E-state index in [4.69, 9.17) is 14.3 Å². The second-order valence-corrected chi connectivity index (χ2v) is 4.16. The Bertz CT molecular complexity index is 505. The topological polar surface area (TPSA) is 96.1 Å². The number of anilines is 1. The molecule has 1 amide bonds. The molecule has 0 bridgehead atoms. The Kier molecular flexibility index (Phi) is 4.24. The summed E-state index contributed by atoms with van der Waals surface area (Å²) in [4.78, 5) is 29.6. The summed E-state index contributed by atoms with van der Waals surface area (Å²) in [5.41, 5.74) is -0.132. The Morgan fingerprint density at radius 3 is 2.70 bits per heavy atom. The minimum Gasteiger partial charge on any atom is -0.476 e. The molecule has 0 atom stereocenters. The van der Waals surface area contributed by atoms with Gasteiger partial charge in [-0.2, -0.15) is 4.98 Å². The van der Waals surface area contributed by atoms with Crippen LogP contribution in [-0.2, 0) is 4.74 Å². The lowest BCUT2D eigenvalue weighted by molar-refractivity contribution is 0.0690. The van der Waals surface area contributed by atoms with Crippen molar-refractivity contribution in [2.45, 2.75) is 0 Å². The van der Waals surface area contributed by atoms with Crippen LogP contribution in [0.3, 0.4) is 0 Å². The molecular formula is C12H15N3O5. The summed E-state index contributed by atoms with van der Waals surface area (Å²) in [6, 6.07) is 0.251. The van der Waals surface area contributed by atoms with Crippen LogP contribution in [-0.4, -0.2) is 59.8 Å². The van der Waals surface area contributed by atoms with Gasteiger partial charge in [-0.15, -0.1) is 0 Å². The first-order valence-corrected chi connectivity index (χ1v) is 6.08.